The molecule has 0 N–H and O–H groups in total. The molecule has 0 bridgehead atoms. The fraction of sp³-hybridized carbons (Fsp3) is 0.0172. The molecule has 4 heteroatoms. The number of nitrogens with zero attached hydrogens (tertiary/aromatic N) is 3. The van der Waals surface area contributed by atoms with Crippen LogP contribution in [0.1, 0.15) is 27.8 Å². The molecule has 1 spiro atoms. The fourth-order valence-corrected chi connectivity index (χ4v) is 9.82. The number of benzene rings is 9. The van der Waals surface area contributed by atoms with Crippen LogP contribution < -0.4 is 4.74 Å². The van der Waals surface area contributed by atoms with Gasteiger partial charge in [0.05, 0.1) is 28.4 Å². The molecule has 2 heterocycles. The summed E-state index contributed by atoms with van der Waals surface area (Å²) in [6.07, 6.45) is 0. The Bertz CT molecular complexity index is 3340. The minimum absolute atomic E-state index is 0.650. The monoisotopic (exact) mass is 789 g/mol. The highest BCUT2D eigenvalue weighted by Gasteiger charge is 2.51. The highest BCUT2D eigenvalue weighted by molar-refractivity contribution is 6.05. The number of nitriles is 1. The van der Waals surface area contributed by atoms with Gasteiger partial charge in [0.2, 0.25) is 0 Å². The Labute approximate surface area is 359 Å². The van der Waals surface area contributed by atoms with Crippen LogP contribution in [-0.2, 0) is 5.41 Å². The normalized spacial score (nSPS) is 12.8. The Kier molecular flexibility index (Phi) is 8.10. The van der Waals surface area contributed by atoms with Gasteiger partial charge in [-0.15, -0.1) is 0 Å². The highest BCUT2D eigenvalue weighted by Crippen LogP contribution is 2.63. The smallest absolute Gasteiger partial charge is 0.160 e. The topological polar surface area (TPSA) is 58.8 Å². The van der Waals surface area contributed by atoms with E-state index in [1.54, 1.807) is 0 Å². The summed E-state index contributed by atoms with van der Waals surface area (Å²) in [6.45, 7) is 0. The van der Waals surface area contributed by atoms with Gasteiger partial charge in [-0.05, 0) is 97.7 Å². The summed E-state index contributed by atoms with van der Waals surface area (Å²) in [5.41, 5.74) is 16.2. The lowest BCUT2D eigenvalue weighted by molar-refractivity contribution is 0.436. The molecule has 0 atom stereocenters. The van der Waals surface area contributed by atoms with Crippen LogP contribution in [0.25, 0.3) is 78.1 Å². The van der Waals surface area contributed by atoms with Crippen LogP contribution in [0.3, 0.4) is 0 Å². The maximum Gasteiger partial charge on any atom is 0.160 e. The van der Waals surface area contributed by atoms with Crippen LogP contribution >= 0.6 is 0 Å². The maximum absolute atomic E-state index is 9.46. The van der Waals surface area contributed by atoms with Gasteiger partial charge >= 0.3 is 0 Å². The van der Waals surface area contributed by atoms with Gasteiger partial charge in [-0.3, -0.25) is 0 Å². The van der Waals surface area contributed by atoms with Crippen LogP contribution in [0.15, 0.2) is 212 Å². The average molecular weight is 790 g/mol. The van der Waals surface area contributed by atoms with Gasteiger partial charge in [-0.25, -0.2) is 9.97 Å². The Balaban J connectivity index is 1.09. The predicted octanol–water partition coefficient (Wildman–Crippen LogP) is 14.3. The summed E-state index contributed by atoms with van der Waals surface area (Å²) in [7, 11) is 0. The first-order valence-electron chi connectivity index (χ1n) is 20.9. The highest BCUT2D eigenvalue weighted by atomic mass is 16.5. The van der Waals surface area contributed by atoms with Crippen molar-refractivity contribution in [2.45, 2.75) is 5.41 Å². The van der Waals surface area contributed by atoms with Crippen molar-refractivity contribution >= 4 is 10.8 Å². The lowest BCUT2D eigenvalue weighted by Crippen LogP contribution is -2.32. The molecule has 4 nitrogen and oxygen atoms in total. The Morgan fingerprint density at radius 1 is 0.371 bits per heavy atom. The molecular formula is C58H35N3O. The third-order valence-electron chi connectivity index (χ3n) is 12.6. The molecule has 10 aromatic rings. The minimum atomic E-state index is -0.697. The predicted molar refractivity (Wildman–Crippen MR) is 249 cm³/mol. The van der Waals surface area contributed by atoms with Crippen molar-refractivity contribution < 1.29 is 4.74 Å². The summed E-state index contributed by atoms with van der Waals surface area (Å²) in [5, 5.41) is 11.8. The molecule has 1 aliphatic carbocycles. The number of para-hydroxylation sites is 2. The van der Waals surface area contributed by atoms with Gasteiger partial charge in [-0.1, -0.05) is 170 Å². The first kappa shape index (κ1) is 35.5. The van der Waals surface area contributed by atoms with E-state index in [0.717, 1.165) is 78.3 Å². The van der Waals surface area contributed by atoms with E-state index in [-0.39, 0.29) is 0 Å². The molecule has 62 heavy (non-hydrogen) atoms. The lowest BCUT2D eigenvalue weighted by atomic mass is 9.65. The number of hydrogen-bond acceptors (Lipinski definition) is 4. The second-order valence-electron chi connectivity index (χ2n) is 16.0. The number of rotatable bonds is 5. The van der Waals surface area contributed by atoms with Gasteiger partial charge in [0.15, 0.2) is 5.82 Å². The van der Waals surface area contributed by atoms with E-state index < -0.39 is 5.41 Å². The summed E-state index contributed by atoms with van der Waals surface area (Å²) in [4.78, 5) is 10.4. The first-order chi connectivity index (χ1) is 30.7. The molecule has 288 valence electrons. The van der Waals surface area contributed by atoms with E-state index in [0.29, 0.717) is 11.4 Å². The largest absolute Gasteiger partial charge is 0.457 e. The van der Waals surface area contributed by atoms with Gasteiger partial charge in [0.1, 0.15) is 11.5 Å². The van der Waals surface area contributed by atoms with Gasteiger partial charge in [0, 0.05) is 27.8 Å². The van der Waals surface area contributed by atoms with Crippen LogP contribution in [0.5, 0.6) is 11.5 Å². The summed E-state index contributed by atoms with van der Waals surface area (Å²) < 4.78 is 6.74. The van der Waals surface area contributed by atoms with Crippen molar-refractivity contribution in [3.63, 3.8) is 0 Å². The number of aromatic nitrogens is 2. The van der Waals surface area contributed by atoms with Crippen LogP contribution in [0.4, 0.5) is 0 Å². The molecule has 2 aliphatic rings. The second-order valence-corrected chi connectivity index (χ2v) is 16.0. The zero-order valence-corrected chi connectivity index (χ0v) is 33.5. The van der Waals surface area contributed by atoms with Crippen LogP contribution in [-0.4, -0.2) is 9.97 Å². The SMILES string of the molecule is N#Cc1ccc(-c2ccc(-c3ccc4c(c3)C3(c5ccccc5Oc5ccccc53)c3cc(-c5cc(-c6ccccc6)nc(-c6ccccc6)n5)ccc3-4)c3ccccc23)cc1. The summed E-state index contributed by atoms with van der Waals surface area (Å²) in [6, 6.07) is 76.8. The second kappa shape index (κ2) is 14.1. The number of ether oxygens (including phenoxy) is 1. The molecule has 0 fully saturated rings. The fourth-order valence-electron chi connectivity index (χ4n) is 9.82. The molecule has 0 saturated carbocycles. The Hall–Kier alpha value is -8.39. The van der Waals surface area contributed by atoms with Crippen LogP contribution in [0.2, 0.25) is 0 Å². The Morgan fingerprint density at radius 3 is 1.45 bits per heavy atom. The number of hydrogen-bond donors (Lipinski definition) is 0. The molecule has 0 radical (unpaired) electrons. The molecule has 0 unspecified atom stereocenters. The first-order valence-corrected chi connectivity index (χ1v) is 20.9. The standard InChI is InChI=1S/C58H35N3O/c59-36-37-23-25-38(26-24-37)43-31-32-44(46-18-8-7-17-45(43)46)41-27-29-47-48-30-28-42(54-35-53(39-13-3-1-4-14-39)60-57(61-54)40-15-5-2-6-16-40)34-52(48)58(51(47)33-41)49-19-9-11-21-55(49)62-56-22-12-10-20-50(56)58/h1-35H. The van der Waals surface area contributed by atoms with Crippen molar-refractivity contribution in [1.82, 2.24) is 9.97 Å². The Morgan fingerprint density at radius 2 is 0.839 bits per heavy atom. The molecule has 0 saturated heterocycles. The van der Waals surface area contributed by atoms with Crippen molar-refractivity contribution in [1.29, 1.82) is 5.26 Å². The molecule has 12 rings (SSSR count). The van der Waals surface area contributed by atoms with Crippen molar-refractivity contribution in [2.75, 3.05) is 0 Å². The molecule has 1 aromatic heterocycles. The average Bonchev–Trinajstić information content (AvgIpc) is 3.63. The number of fused-ring (bicyclic) bond motifs is 10. The molecule has 1 aliphatic heterocycles. The summed E-state index contributed by atoms with van der Waals surface area (Å²) >= 11 is 0. The van der Waals surface area contributed by atoms with E-state index in [9.17, 15) is 5.26 Å². The van der Waals surface area contributed by atoms with Gasteiger partial charge < -0.3 is 4.74 Å². The zero-order valence-electron chi connectivity index (χ0n) is 33.5. The van der Waals surface area contributed by atoms with Crippen molar-refractivity contribution in [3.8, 4) is 84.9 Å². The minimum Gasteiger partial charge on any atom is -0.457 e. The van der Waals surface area contributed by atoms with E-state index in [2.05, 4.69) is 170 Å². The zero-order chi connectivity index (χ0) is 41.2. The van der Waals surface area contributed by atoms with E-state index in [1.807, 2.05) is 48.5 Å². The third-order valence-corrected chi connectivity index (χ3v) is 12.6. The van der Waals surface area contributed by atoms with Crippen LogP contribution in [0, 0.1) is 11.3 Å². The maximum atomic E-state index is 9.46. The molecular weight excluding hydrogens is 755 g/mol. The quantitative estimate of drug-likeness (QED) is 0.174. The lowest BCUT2D eigenvalue weighted by Gasteiger charge is -2.39. The van der Waals surface area contributed by atoms with Crippen molar-refractivity contribution in [2.24, 2.45) is 0 Å². The van der Waals surface area contributed by atoms with E-state index >= 15 is 0 Å². The molecule has 9 aromatic carbocycles. The van der Waals surface area contributed by atoms with Crippen molar-refractivity contribution in [3.05, 3.63) is 240 Å². The van der Waals surface area contributed by atoms with Gasteiger partial charge in [0.25, 0.3) is 0 Å². The van der Waals surface area contributed by atoms with Gasteiger partial charge in [-0.2, -0.15) is 5.26 Å². The summed E-state index contributed by atoms with van der Waals surface area (Å²) in [5.74, 6) is 2.37. The van der Waals surface area contributed by atoms with E-state index in [4.69, 9.17) is 14.7 Å². The molecule has 0 amide bonds. The third kappa shape index (κ3) is 5.46. The van der Waals surface area contributed by atoms with E-state index in [1.165, 1.54) is 27.6 Å².